The van der Waals surface area contributed by atoms with E-state index in [2.05, 4.69) is 10.6 Å². The summed E-state index contributed by atoms with van der Waals surface area (Å²) < 4.78 is 0. The first-order valence-electron chi connectivity index (χ1n) is 5.38. The predicted octanol–water partition coefficient (Wildman–Crippen LogP) is 0.346. The van der Waals surface area contributed by atoms with Crippen molar-refractivity contribution in [3.05, 3.63) is 0 Å². The topological polar surface area (TPSA) is 44.3 Å². The molecular weight excluding hydrogens is 164 g/mol. The van der Waals surface area contributed by atoms with Crippen LogP contribution in [0.15, 0.2) is 0 Å². The summed E-state index contributed by atoms with van der Waals surface area (Å²) in [6, 6.07) is 0. The zero-order valence-electron chi connectivity index (χ0n) is 8.55. The summed E-state index contributed by atoms with van der Waals surface area (Å²) in [5.74, 6) is 0.843. The summed E-state index contributed by atoms with van der Waals surface area (Å²) in [6.45, 7) is 6.24. The fourth-order valence-electron chi connectivity index (χ4n) is 1.70. The average Bonchev–Trinajstić information content (AvgIpc) is 2.14. The van der Waals surface area contributed by atoms with Gasteiger partial charge in [-0.2, -0.15) is 0 Å². The Morgan fingerprint density at radius 2 is 2.15 bits per heavy atom. The van der Waals surface area contributed by atoms with Gasteiger partial charge in [-0.25, -0.2) is 0 Å². The number of hydrogen-bond acceptors (Lipinski definition) is 3. The van der Waals surface area contributed by atoms with Crippen LogP contribution in [0.25, 0.3) is 0 Å². The van der Waals surface area contributed by atoms with Crippen LogP contribution in [0.3, 0.4) is 0 Å². The Labute approximate surface area is 80.9 Å². The molecule has 0 aromatic carbocycles. The molecule has 1 aliphatic heterocycles. The number of hydrogen-bond donors (Lipinski definition) is 3. The van der Waals surface area contributed by atoms with Crippen LogP contribution in [-0.4, -0.2) is 37.4 Å². The van der Waals surface area contributed by atoms with E-state index in [9.17, 15) is 0 Å². The van der Waals surface area contributed by atoms with Crippen LogP contribution in [0.2, 0.25) is 0 Å². The highest BCUT2D eigenvalue weighted by Gasteiger charge is 2.11. The number of piperidine rings is 1. The molecule has 1 aliphatic rings. The van der Waals surface area contributed by atoms with E-state index >= 15 is 0 Å². The third kappa shape index (κ3) is 5.24. The fourth-order valence-corrected chi connectivity index (χ4v) is 1.70. The van der Waals surface area contributed by atoms with Gasteiger partial charge in [0.15, 0.2) is 0 Å². The lowest BCUT2D eigenvalue weighted by atomic mass is 9.98. The molecule has 1 fully saturated rings. The van der Waals surface area contributed by atoms with E-state index in [-0.39, 0.29) is 6.10 Å². The van der Waals surface area contributed by atoms with Crippen LogP contribution in [0.5, 0.6) is 0 Å². The summed E-state index contributed by atoms with van der Waals surface area (Å²) in [6.07, 6.45) is 3.29. The van der Waals surface area contributed by atoms with Crippen LogP contribution >= 0.6 is 0 Å². The van der Waals surface area contributed by atoms with E-state index in [1.54, 1.807) is 0 Å². The van der Waals surface area contributed by atoms with Crippen LogP contribution in [0, 0.1) is 5.92 Å². The SMILES string of the molecule is CC(O)CCNCC1CCNCC1. The Kier molecular flexibility index (Phi) is 5.35. The summed E-state index contributed by atoms with van der Waals surface area (Å²) in [7, 11) is 0. The zero-order chi connectivity index (χ0) is 9.52. The zero-order valence-corrected chi connectivity index (χ0v) is 8.55. The van der Waals surface area contributed by atoms with Crippen LogP contribution in [-0.2, 0) is 0 Å². The Morgan fingerprint density at radius 3 is 2.77 bits per heavy atom. The minimum atomic E-state index is -0.166. The van der Waals surface area contributed by atoms with Gasteiger partial charge in [-0.3, -0.25) is 0 Å². The minimum absolute atomic E-state index is 0.166. The number of nitrogens with one attached hydrogen (secondary N) is 2. The largest absolute Gasteiger partial charge is 0.393 e. The molecule has 3 heteroatoms. The molecule has 13 heavy (non-hydrogen) atoms. The molecule has 0 spiro atoms. The van der Waals surface area contributed by atoms with Gasteiger partial charge in [0.1, 0.15) is 0 Å². The Hall–Kier alpha value is -0.120. The lowest BCUT2D eigenvalue weighted by Gasteiger charge is -2.22. The molecule has 1 heterocycles. The molecule has 3 nitrogen and oxygen atoms in total. The summed E-state index contributed by atoms with van der Waals surface area (Å²) in [5, 5.41) is 15.8. The van der Waals surface area contributed by atoms with E-state index in [4.69, 9.17) is 5.11 Å². The maximum Gasteiger partial charge on any atom is 0.0524 e. The smallest absolute Gasteiger partial charge is 0.0524 e. The van der Waals surface area contributed by atoms with Crippen molar-refractivity contribution in [2.75, 3.05) is 26.2 Å². The van der Waals surface area contributed by atoms with E-state index in [1.165, 1.54) is 25.9 Å². The Balaban J connectivity index is 1.92. The number of aliphatic hydroxyl groups is 1. The molecule has 0 radical (unpaired) electrons. The quantitative estimate of drug-likeness (QED) is 0.543. The normalized spacial score (nSPS) is 21.7. The second-order valence-corrected chi connectivity index (χ2v) is 4.04. The van der Waals surface area contributed by atoms with Gasteiger partial charge in [0, 0.05) is 0 Å². The van der Waals surface area contributed by atoms with Gasteiger partial charge in [0.2, 0.25) is 0 Å². The summed E-state index contributed by atoms with van der Waals surface area (Å²) in [5.41, 5.74) is 0. The van der Waals surface area contributed by atoms with Gasteiger partial charge >= 0.3 is 0 Å². The number of rotatable bonds is 5. The van der Waals surface area contributed by atoms with Crippen molar-refractivity contribution < 1.29 is 5.11 Å². The van der Waals surface area contributed by atoms with Gasteiger partial charge in [0.25, 0.3) is 0 Å². The molecule has 1 atom stereocenters. The maximum absolute atomic E-state index is 9.04. The second kappa shape index (κ2) is 6.35. The van der Waals surface area contributed by atoms with Gasteiger partial charge in [-0.15, -0.1) is 0 Å². The monoisotopic (exact) mass is 186 g/mol. The molecule has 78 valence electrons. The fraction of sp³-hybridized carbons (Fsp3) is 1.00. The molecule has 0 amide bonds. The summed E-state index contributed by atoms with van der Waals surface area (Å²) >= 11 is 0. The highest BCUT2D eigenvalue weighted by atomic mass is 16.3. The summed E-state index contributed by atoms with van der Waals surface area (Å²) in [4.78, 5) is 0. The van der Waals surface area contributed by atoms with Gasteiger partial charge in [0.05, 0.1) is 6.10 Å². The van der Waals surface area contributed by atoms with Crippen molar-refractivity contribution in [3.63, 3.8) is 0 Å². The van der Waals surface area contributed by atoms with Crippen molar-refractivity contribution in [1.82, 2.24) is 10.6 Å². The molecule has 1 rings (SSSR count). The van der Waals surface area contributed by atoms with Gasteiger partial charge in [-0.05, 0) is 58.3 Å². The molecule has 0 aliphatic carbocycles. The van der Waals surface area contributed by atoms with E-state index < -0.39 is 0 Å². The number of aliphatic hydroxyl groups excluding tert-OH is 1. The average molecular weight is 186 g/mol. The van der Waals surface area contributed by atoms with Gasteiger partial charge < -0.3 is 15.7 Å². The third-order valence-corrected chi connectivity index (χ3v) is 2.63. The van der Waals surface area contributed by atoms with Gasteiger partial charge in [-0.1, -0.05) is 0 Å². The second-order valence-electron chi connectivity index (χ2n) is 4.04. The van der Waals surface area contributed by atoms with Crippen LogP contribution < -0.4 is 10.6 Å². The van der Waals surface area contributed by atoms with E-state index in [0.717, 1.165) is 25.4 Å². The molecule has 1 unspecified atom stereocenters. The van der Waals surface area contributed by atoms with Crippen molar-refractivity contribution in [2.45, 2.75) is 32.3 Å². The first kappa shape index (κ1) is 11.0. The maximum atomic E-state index is 9.04. The third-order valence-electron chi connectivity index (χ3n) is 2.63. The lowest BCUT2D eigenvalue weighted by Crippen LogP contribution is -2.34. The van der Waals surface area contributed by atoms with E-state index in [1.807, 2.05) is 6.92 Å². The molecule has 0 aromatic rings. The standard InChI is InChI=1S/C10H22N2O/c1-9(13)2-5-12-8-10-3-6-11-7-4-10/h9-13H,2-8H2,1H3. The molecular formula is C10H22N2O. The Morgan fingerprint density at radius 1 is 1.46 bits per heavy atom. The van der Waals surface area contributed by atoms with Crippen molar-refractivity contribution in [3.8, 4) is 0 Å². The molecule has 0 saturated carbocycles. The highest BCUT2D eigenvalue weighted by Crippen LogP contribution is 2.09. The Bertz CT molecular complexity index is 122. The molecule has 3 N–H and O–H groups in total. The lowest BCUT2D eigenvalue weighted by molar-refractivity contribution is 0.182. The first-order valence-corrected chi connectivity index (χ1v) is 5.38. The van der Waals surface area contributed by atoms with Crippen molar-refractivity contribution in [1.29, 1.82) is 0 Å². The van der Waals surface area contributed by atoms with Crippen molar-refractivity contribution in [2.24, 2.45) is 5.92 Å². The molecule has 0 aromatic heterocycles. The van der Waals surface area contributed by atoms with Crippen LogP contribution in [0.1, 0.15) is 26.2 Å². The minimum Gasteiger partial charge on any atom is -0.393 e. The van der Waals surface area contributed by atoms with Crippen LogP contribution in [0.4, 0.5) is 0 Å². The first-order chi connectivity index (χ1) is 6.29. The molecule has 0 bridgehead atoms. The van der Waals surface area contributed by atoms with E-state index in [0.29, 0.717) is 0 Å². The predicted molar refractivity (Wildman–Crippen MR) is 54.8 cm³/mol. The van der Waals surface area contributed by atoms with Crippen molar-refractivity contribution >= 4 is 0 Å². The molecule has 1 saturated heterocycles. The highest BCUT2D eigenvalue weighted by molar-refractivity contribution is 4.70.